The van der Waals surface area contributed by atoms with Crippen LogP contribution in [-0.4, -0.2) is 25.0 Å². The van der Waals surface area contributed by atoms with E-state index in [1.54, 1.807) is 0 Å². The van der Waals surface area contributed by atoms with Crippen LogP contribution in [0.25, 0.3) is 0 Å². The summed E-state index contributed by atoms with van der Waals surface area (Å²) in [5.41, 5.74) is 0. The highest BCUT2D eigenvalue weighted by atomic mass is 79.9. The minimum atomic E-state index is -0.167. The molecule has 70 valence electrons. The molecular weight excluding hydrogens is 220 g/mol. The maximum atomic E-state index is 11.1. The normalized spacial score (nSPS) is 12.2. The highest BCUT2D eigenvalue weighted by Gasteiger charge is 2.09. The lowest BCUT2D eigenvalue weighted by Crippen LogP contribution is -2.42. The van der Waals surface area contributed by atoms with Crippen LogP contribution in [0.4, 0.5) is 0 Å². The molecule has 0 aromatic carbocycles. The number of likely N-dealkylation sites (N-methyl/N-ethyl adjacent to an activating group) is 1. The maximum Gasteiger partial charge on any atom is 0.236 e. The van der Waals surface area contributed by atoms with Crippen molar-refractivity contribution in [2.24, 2.45) is 0 Å². The van der Waals surface area contributed by atoms with Crippen molar-refractivity contribution in [3.63, 3.8) is 0 Å². The van der Waals surface area contributed by atoms with Crippen molar-refractivity contribution in [3.05, 3.63) is 11.1 Å². The van der Waals surface area contributed by atoms with Crippen LogP contribution in [0.5, 0.6) is 0 Å². The Kier molecular flexibility index (Phi) is 6.02. The van der Waals surface area contributed by atoms with Gasteiger partial charge in [0.25, 0.3) is 0 Å². The quantitative estimate of drug-likeness (QED) is 0.746. The third-order valence-electron chi connectivity index (χ3n) is 1.34. The lowest BCUT2D eigenvalue weighted by atomic mass is 10.3. The van der Waals surface area contributed by atoms with Crippen molar-refractivity contribution in [3.8, 4) is 0 Å². The van der Waals surface area contributed by atoms with Crippen LogP contribution in [-0.2, 0) is 4.79 Å². The van der Waals surface area contributed by atoms with E-state index in [0.29, 0.717) is 13.1 Å². The largest absolute Gasteiger partial charge is 0.355 e. The molecule has 2 N–H and O–H groups in total. The van der Waals surface area contributed by atoms with E-state index in [2.05, 4.69) is 33.1 Å². The highest BCUT2D eigenvalue weighted by molar-refractivity contribution is 9.11. The van der Waals surface area contributed by atoms with Crippen molar-refractivity contribution in [2.45, 2.75) is 19.9 Å². The van der Waals surface area contributed by atoms with Gasteiger partial charge in [0.2, 0.25) is 5.91 Å². The first-order valence-corrected chi connectivity index (χ1v) is 4.71. The van der Waals surface area contributed by atoms with Crippen LogP contribution in [0.1, 0.15) is 13.8 Å². The zero-order valence-corrected chi connectivity index (χ0v) is 9.07. The molecule has 0 bridgehead atoms. The molecule has 0 aliphatic carbocycles. The zero-order valence-electron chi connectivity index (χ0n) is 7.48. The minimum Gasteiger partial charge on any atom is -0.355 e. The molecule has 1 atom stereocenters. The first-order chi connectivity index (χ1) is 5.57. The predicted octanol–water partition coefficient (Wildman–Crippen LogP) is 1.01. The standard InChI is InChI=1S/C8H15BrN2O/c1-4-10-8(12)7(3)11-5-6(2)9/h7,11H,2,4-5H2,1,3H3,(H,10,12). The van der Waals surface area contributed by atoms with E-state index in [0.717, 1.165) is 4.48 Å². The van der Waals surface area contributed by atoms with Gasteiger partial charge in [0.05, 0.1) is 6.04 Å². The molecule has 1 amide bonds. The zero-order chi connectivity index (χ0) is 9.56. The Hall–Kier alpha value is -0.350. The van der Waals surface area contributed by atoms with Gasteiger partial charge >= 0.3 is 0 Å². The van der Waals surface area contributed by atoms with Gasteiger partial charge in [-0.05, 0) is 13.8 Å². The summed E-state index contributed by atoms with van der Waals surface area (Å²) in [5, 5.41) is 5.73. The molecule has 0 spiro atoms. The van der Waals surface area contributed by atoms with Crippen molar-refractivity contribution in [1.29, 1.82) is 0 Å². The molecule has 3 nitrogen and oxygen atoms in total. The molecule has 0 heterocycles. The number of rotatable bonds is 5. The van der Waals surface area contributed by atoms with E-state index in [1.165, 1.54) is 0 Å². The van der Waals surface area contributed by atoms with Crippen molar-refractivity contribution in [1.82, 2.24) is 10.6 Å². The van der Waals surface area contributed by atoms with Gasteiger partial charge in [-0.3, -0.25) is 4.79 Å². The average molecular weight is 235 g/mol. The number of amides is 1. The molecular formula is C8H15BrN2O. The van der Waals surface area contributed by atoms with E-state index in [4.69, 9.17) is 0 Å². The summed E-state index contributed by atoms with van der Waals surface area (Å²) in [7, 11) is 0. The number of carbonyl (C=O) groups excluding carboxylic acids is 1. The Morgan fingerprint density at radius 1 is 1.67 bits per heavy atom. The van der Waals surface area contributed by atoms with Crippen LogP contribution in [0, 0.1) is 0 Å². The number of carbonyl (C=O) groups is 1. The van der Waals surface area contributed by atoms with Crippen LogP contribution >= 0.6 is 15.9 Å². The second-order valence-electron chi connectivity index (χ2n) is 2.51. The monoisotopic (exact) mass is 234 g/mol. The van der Waals surface area contributed by atoms with E-state index in [-0.39, 0.29) is 11.9 Å². The summed E-state index contributed by atoms with van der Waals surface area (Å²) in [6.07, 6.45) is 0. The van der Waals surface area contributed by atoms with Crippen LogP contribution in [0.15, 0.2) is 11.1 Å². The Morgan fingerprint density at radius 3 is 2.67 bits per heavy atom. The predicted molar refractivity (Wildman–Crippen MR) is 54.2 cm³/mol. The second-order valence-corrected chi connectivity index (χ2v) is 3.64. The number of hydrogen-bond donors (Lipinski definition) is 2. The summed E-state index contributed by atoms with van der Waals surface area (Å²) in [4.78, 5) is 11.1. The fourth-order valence-corrected chi connectivity index (χ4v) is 0.846. The molecule has 1 unspecified atom stereocenters. The Labute approximate surface area is 81.7 Å². The van der Waals surface area contributed by atoms with Crippen molar-refractivity contribution < 1.29 is 4.79 Å². The molecule has 0 aliphatic heterocycles. The summed E-state index contributed by atoms with van der Waals surface area (Å²) in [6.45, 7) is 8.65. The van der Waals surface area contributed by atoms with Gasteiger partial charge in [-0.1, -0.05) is 22.5 Å². The van der Waals surface area contributed by atoms with E-state index in [1.807, 2.05) is 13.8 Å². The van der Waals surface area contributed by atoms with Gasteiger partial charge < -0.3 is 10.6 Å². The third-order valence-corrected chi connectivity index (χ3v) is 1.62. The number of nitrogens with one attached hydrogen (secondary N) is 2. The summed E-state index contributed by atoms with van der Waals surface area (Å²) < 4.78 is 0.846. The van der Waals surface area contributed by atoms with Gasteiger partial charge in [-0.2, -0.15) is 0 Å². The maximum absolute atomic E-state index is 11.1. The van der Waals surface area contributed by atoms with Gasteiger partial charge in [-0.25, -0.2) is 0 Å². The van der Waals surface area contributed by atoms with Gasteiger partial charge in [0.1, 0.15) is 0 Å². The van der Waals surface area contributed by atoms with E-state index in [9.17, 15) is 4.79 Å². The van der Waals surface area contributed by atoms with Crippen molar-refractivity contribution in [2.75, 3.05) is 13.1 Å². The van der Waals surface area contributed by atoms with Crippen molar-refractivity contribution >= 4 is 21.8 Å². The molecule has 0 radical (unpaired) electrons. The average Bonchev–Trinajstić information content (AvgIpc) is 2.00. The van der Waals surface area contributed by atoms with Gasteiger partial charge in [-0.15, -0.1) is 0 Å². The molecule has 0 aromatic rings. The van der Waals surface area contributed by atoms with Gasteiger partial charge in [0.15, 0.2) is 0 Å². The molecule has 12 heavy (non-hydrogen) atoms. The third kappa shape index (κ3) is 5.32. The molecule has 0 fully saturated rings. The molecule has 0 rings (SSSR count). The lowest BCUT2D eigenvalue weighted by molar-refractivity contribution is -0.122. The molecule has 0 saturated heterocycles. The molecule has 0 aliphatic rings. The number of hydrogen-bond acceptors (Lipinski definition) is 2. The van der Waals surface area contributed by atoms with Crippen LogP contribution in [0.3, 0.4) is 0 Å². The van der Waals surface area contributed by atoms with E-state index < -0.39 is 0 Å². The lowest BCUT2D eigenvalue weighted by Gasteiger charge is -2.12. The molecule has 0 aromatic heterocycles. The topological polar surface area (TPSA) is 41.1 Å². The fourth-order valence-electron chi connectivity index (χ4n) is 0.684. The highest BCUT2D eigenvalue weighted by Crippen LogP contribution is 1.97. The van der Waals surface area contributed by atoms with Crippen LogP contribution in [0.2, 0.25) is 0 Å². The molecule has 0 saturated carbocycles. The second kappa shape index (κ2) is 6.20. The van der Waals surface area contributed by atoms with E-state index >= 15 is 0 Å². The number of halogens is 1. The Morgan fingerprint density at radius 2 is 2.25 bits per heavy atom. The van der Waals surface area contributed by atoms with Gasteiger partial charge in [0, 0.05) is 17.6 Å². The first-order valence-electron chi connectivity index (χ1n) is 3.92. The Balaban J connectivity index is 3.63. The Bertz CT molecular complexity index is 170. The minimum absolute atomic E-state index is 0.0197. The summed E-state index contributed by atoms with van der Waals surface area (Å²) in [6, 6.07) is -0.167. The first kappa shape index (κ1) is 11.6. The summed E-state index contributed by atoms with van der Waals surface area (Å²) >= 11 is 3.20. The SMILES string of the molecule is C=C(Br)CNC(C)C(=O)NCC. The smallest absolute Gasteiger partial charge is 0.236 e. The van der Waals surface area contributed by atoms with Crippen LogP contribution < -0.4 is 10.6 Å². The molecule has 4 heteroatoms. The fraction of sp³-hybridized carbons (Fsp3) is 0.625. The summed E-state index contributed by atoms with van der Waals surface area (Å²) in [5.74, 6) is 0.0197.